The van der Waals surface area contributed by atoms with Crippen LogP contribution >= 0.6 is 11.8 Å². The molecule has 1 saturated heterocycles. The fraction of sp³-hybridized carbons (Fsp3) is 0.900. The van der Waals surface area contributed by atoms with Gasteiger partial charge in [-0.25, -0.2) is 0 Å². The number of nitrogens with zero attached hydrogens (tertiary/aromatic N) is 2. The van der Waals surface area contributed by atoms with Gasteiger partial charge in [0.25, 0.3) is 0 Å². The molecule has 1 N–H and O–H groups in total. The van der Waals surface area contributed by atoms with E-state index in [1.165, 1.54) is 0 Å². The zero-order valence-corrected chi connectivity index (χ0v) is 15.7. The van der Waals surface area contributed by atoms with Gasteiger partial charge in [-0.15, -0.1) is 0 Å². The maximum atomic E-state index is 11.8. The Kier molecular flexibility index (Phi) is 9.83. The zero-order chi connectivity index (χ0) is 11.3. The summed E-state index contributed by atoms with van der Waals surface area (Å²) in [5.74, 6) is 0.908. The van der Waals surface area contributed by atoms with E-state index in [4.69, 9.17) is 5.73 Å². The minimum atomic E-state index is -0.555. The number of thioether (sulfide) groups is 1. The standard InChI is InChI=1S/C10H20N3OS.Ac/c1-12-4-6-13(7-5-12)10(14)9(11)3-8-15-2;/h9,11H,3-8H2,1-2H3;/q-1;. The van der Waals surface area contributed by atoms with E-state index in [1.54, 1.807) is 11.8 Å². The van der Waals surface area contributed by atoms with Gasteiger partial charge >= 0.3 is 0 Å². The van der Waals surface area contributed by atoms with Crippen LogP contribution in [0, 0.1) is 44.1 Å². The van der Waals surface area contributed by atoms with Crippen LogP contribution in [0.15, 0.2) is 0 Å². The van der Waals surface area contributed by atoms with Crippen molar-refractivity contribution >= 4 is 17.7 Å². The monoisotopic (exact) mass is 457 g/mol. The van der Waals surface area contributed by atoms with Crippen LogP contribution in [0.25, 0.3) is 5.73 Å². The molecular formula is C10H20AcN3OS-. The molecule has 0 aromatic rings. The largest absolute Gasteiger partial charge is 0.667 e. The number of hydrogen-bond acceptors (Lipinski definition) is 3. The van der Waals surface area contributed by atoms with Crippen LogP contribution in [-0.2, 0) is 4.79 Å². The van der Waals surface area contributed by atoms with E-state index in [0.717, 1.165) is 31.9 Å². The first kappa shape index (κ1) is 17.2. The first-order valence-electron chi connectivity index (χ1n) is 5.32. The second kappa shape index (κ2) is 9.16. The normalized spacial score (nSPS) is 19.1. The Bertz CT molecular complexity index is 210. The summed E-state index contributed by atoms with van der Waals surface area (Å²) < 4.78 is 0. The third-order valence-electron chi connectivity index (χ3n) is 2.72. The first-order chi connectivity index (χ1) is 7.15. The van der Waals surface area contributed by atoms with Crippen molar-refractivity contribution in [3.05, 3.63) is 5.73 Å². The Hall–Kier alpha value is 1.18. The van der Waals surface area contributed by atoms with Gasteiger partial charge in [-0.3, -0.25) is 4.79 Å². The van der Waals surface area contributed by atoms with Gasteiger partial charge < -0.3 is 15.5 Å². The second-order valence-corrected chi connectivity index (χ2v) is 4.95. The number of hydrogen-bond donors (Lipinski definition) is 0. The third-order valence-corrected chi connectivity index (χ3v) is 3.37. The van der Waals surface area contributed by atoms with Gasteiger partial charge in [-0.1, -0.05) is 12.5 Å². The summed E-state index contributed by atoms with van der Waals surface area (Å²) in [4.78, 5) is 15.9. The molecule has 1 heterocycles. The summed E-state index contributed by atoms with van der Waals surface area (Å²) in [6.07, 6.45) is 2.68. The molecule has 16 heavy (non-hydrogen) atoms. The molecule has 0 saturated carbocycles. The summed E-state index contributed by atoms with van der Waals surface area (Å²) in [6, 6.07) is -0.555. The Morgan fingerprint density at radius 3 is 2.44 bits per heavy atom. The maximum Gasteiger partial charge on any atom is 0.204 e. The van der Waals surface area contributed by atoms with E-state index in [9.17, 15) is 4.79 Å². The van der Waals surface area contributed by atoms with Gasteiger partial charge in [0.2, 0.25) is 5.91 Å². The molecule has 0 aromatic carbocycles. The van der Waals surface area contributed by atoms with Crippen LogP contribution in [0.3, 0.4) is 0 Å². The van der Waals surface area contributed by atoms with E-state index < -0.39 is 6.04 Å². The minimum Gasteiger partial charge on any atom is -0.667 e. The molecule has 0 aromatic heterocycles. The summed E-state index contributed by atoms with van der Waals surface area (Å²) >= 11 is 1.70. The Balaban J connectivity index is 0.00000225. The first-order valence-corrected chi connectivity index (χ1v) is 6.72. The quantitative estimate of drug-likeness (QED) is 0.632. The number of carbonyl (C=O) groups excluding carboxylic acids is 1. The van der Waals surface area contributed by atoms with Gasteiger partial charge in [0.1, 0.15) is 0 Å². The maximum absolute atomic E-state index is 11.8. The molecule has 0 aliphatic carbocycles. The molecule has 91 valence electrons. The Morgan fingerprint density at radius 1 is 1.38 bits per heavy atom. The number of amides is 1. The molecule has 1 amide bonds. The van der Waals surface area contributed by atoms with Crippen molar-refractivity contribution in [3.63, 3.8) is 0 Å². The average Bonchev–Trinajstić information content (AvgIpc) is 2.26. The Labute approximate surface area is 138 Å². The van der Waals surface area contributed by atoms with Crippen molar-refractivity contribution < 1.29 is 48.9 Å². The van der Waals surface area contributed by atoms with Crippen LogP contribution in [0.5, 0.6) is 0 Å². The SMILES string of the molecule is CSCCC([NH-])C(=O)N1CCN(C)CC1.[Ac]. The van der Waals surface area contributed by atoms with E-state index in [1.807, 2.05) is 11.2 Å². The van der Waals surface area contributed by atoms with Crippen molar-refractivity contribution in [2.45, 2.75) is 12.5 Å². The molecule has 1 fully saturated rings. The van der Waals surface area contributed by atoms with E-state index in [2.05, 4.69) is 11.9 Å². The fourth-order valence-electron chi connectivity index (χ4n) is 1.61. The Morgan fingerprint density at radius 2 is 1.94 bits per heavy atom. The minimum absolute atomic E-state index is 0. The molecule has 4 nitrogen and oxygen atoms in total. The van der Waals surface area contributed by atoms with Crippen LogP contribution in [-0.4, -0.2) is 67.0 Å². The van der Waals surface area contributed by atoms with Crippen LogP contribution in [0.2, 0.25) is 0 Å². The smallest absolute Gasteiger partial charge is 0.204 e. The number of piperazine rings is 1. The van der Waals surface area contributed by atoms with E-state index in [0.29, 0.717) is 6.42 Å². The van der Waals surface area contributed by atoms with Crippen LogP contribution in [0.4, 0.5) is 0 Å². The number of rotatable bonds is 4. The molecule has 1 atom stereocenters. The average molecular weight is 457 g/mol. The molecule has 1 aliphatic heterocycles. The third kappa shape index (κ3) is 5.68. The predicted molar refractivity (Wildman–Crippen MR) is 65.2 cm³/mol. The zero-order valence-electron chi connectivity index (χ0n) is 10.1. The van der Waals surface area contributed by atoms with Crippen molar-refractivity contribution in [1.82, 2.24) is 9.80 Å². The molecule has 1 aliphatic rings. The van der Waals surface area contributed by atoms with Crippen LogP contribution < -0.4 is 0 Å². The molecule has 1 rings (SSSR count). The summed E-state index contributed by atoms with van der Waals surface area (Å²) in [6.45, 7) is 3.43. The summed E-state index contributed by atoms with van der Waals surface area (Å²) in [5, 5.41) is 0. The number of carbonyl (C=O) groups is 1. The van der Waals surface area contributed by atoms with Crippen molar-refractivity contribution in [1.29, 1.82) is 0 Å². The topological polar surface area (TPSA) is 47.4 Å². The molecule has 6 heteroatoms. The molecular weight excluding hydrogens is 437 g/mol. The van der Waals surface area contributed by atoms with Gasteiger partial charge in [-0.2, -0.15) is 11.8 Å². The van der Waals surface area contributed by atoms with Crippen molar-refractivity contribution in [2.75, 3.05) is 45.2 Å². The molecule has 1 radical (unpaired) electrons. The van der Waals surface area contributed by atoms with Crippen LogP contribution in [0.1, 0.15) is 6.42 Å². The fourth-order valence-corrected chi connectivity index (χ4v) is 2.08. The van der Waals surface area contributed by atoms with Crippen molar-refractivity contribution in [3.8, 4) is 0 Å². The second-order valence-electron chi connectivity index (χ2n) is 3.96. The number of likely N-dealkylation sites (N-methyl/N-ethyl adjacent to an activating group) is 1. The molecule has 0 spiro atoms. The molecule has 0 bridgehead atoms. The van der Waals surface area contributed by atoms with Gasteiger partial charge in [0.15, 0.2) is 0 Å². The van der Waals surface area contributed by atoms with Gasteiger partial charge in [-0.05, 0) is 19.1 Å². The number of nitrogens with one attached hydrogen (secondary N) is 1. The van der Waals surface area contributed by atoms with Gasteiger partial charge in [0.05, 0.1) is 0 Å². The van der Waals surface area contributed by atoms with Crippen molar-refractivity contribution in [2.24, 2.45) is 0 Å². The predicted octanol–water partition coefficient (Wildman–Crippen LogP) is 0.934. The van der Waals surface area contributed by atoms with E-state index in [-0.39, 0.29) is 50.0 Å². The summed E-state index contributed by atoms with van der Waals surface area (Å²) in [5.41, 5.74) is 7.75. The summed E-state index contributed by atoms with van der Waals surface area (Å²) in [7, 11) is 2.06. The van der Waals surface area contributed by atoms with Gasteiger partial charge in [0, 0.05) is 70.2 Å². The van der Waals surface area contributed by atoms with E-state index >= 15 is 0 Å². The molecule has 1 unspecified atom stereocenters.